The van der Waals surface area contributed by atoms with Crippen LogP contribution in [0.1, 0.15) is 64.7 Å². The van der Waals surface area contributed by atoms with E-state index in [0.717, 1.165) is 9.80 Å². The molecule has 0 radical (unpaired) electrons. The molecular formula is C25H26N2O6. The summed E-state index contributed by atoms with van der Waals surface area (Å²) in [7, 11) is 0. The maximum absolute atomic E-state index is 13.8. The molecule has 4 amide bonds. The fourth-order valence-electron chi connectivity index (χ4n) is 4.50. The lowest BCUT2D eigenvalue weighted by molar-refractivity contribution is -0.157. The summed E-state index contributed by atoms with van der Waals surface area (Å²) in [5.74, 6) is -3.09. The number of carbonyl (C=O) groups is 4. The van der Waals surface area contributed by atoms with E-state index in [0.29, 0.717) is 18.6 Å². The molecule has 0 aliphatic carbocycles. The summed E-state index contributed by atoms with van der Waals surface area (Å²) >= 11 is 0. The Bertz CT molecular complexity index is 1100. The van der Waals surface area contributed by atoms with Gasteiger partial charge in [-0.05, 0) is 31.2 Å². The number of nitrogens with zero attached hydrogens (tertiary/aromatic N) is 2. The number of aliphatic hydroxyl groups is 1. The van der Waals surface area contributed by atoms with Gasteiger partial charge < -0.3 is 9.84 Å². The van der Waals surface area contributed by atoms with Gasteiger partial charge in [0.25, 0.3) is 17.7 Å². The second-order valence-electron chi connectivity index (χ2n) is 8.34. The number of para-hydroxylation sites is 1. The van der Waals surface area contributed by atoms with Gasteiger partial charge in [-0.15, -0.1) is 0 Å². The van der Waals surface area contributed by atoms with E-state index < -0.39 is 41.4 Å². The molecule has 0 saturated heterocycles. The maximum Gasteiger partial charge on any atom is 0.267 e. The summed E-state index contributed by atoms with van der Waals surface area (Å²) in [6.07, 6.45) is -0.567. The molecule has 0 fully saturated rings. The van der Waals surface area contributed by atoms with Crippen molar-refractivity contribution in [2.24, 2.45) is 5.92 Å². The number of imide groups is 2. The second-order valence-corrected chi connectivity index (χ2v) is 8.34. The number of carbonyl (C=O) groups excluding carboxylic acids is 4. The lowest BCUT2D eigenvalue weighted by atomic mass is 9.94. The van der Waals surface area contributed by atoms with Crippen LogP contribution in [-0.2, 0) is 4.79 Å². The number of ether oxygens (including phenoxy) is 1. The molecule has 2 heterocycles. The van der Waals surface area contributed by atoms with E-state index in [2.05, 4.69) is 0 Å². The molecule has 4 rings (SSSR count). The predicted molar refractivity (Wildman–Crippen MR) is 119 cm³/mol. The Morgan fingerprint density at radius 3 is 1.94 bits per heavy atom. The van der Waals surface area contributed by atoms with Crippen LogP contribution in [0.3, 0.4) is 0 Å². The second kappa shape index (κ2) is 8.44. The van der Waals surface area contributed by atoms with Gasteiger partial charge in [-0.3, -0.25) is 24.1 Å². The maximum atomic E-state index is 13.8. The average molecular weight is 450 g/mol. The summed E-state index contributed by atoms with van der Waals surface area (Å²) in [6.45, 7) is 4.68. The number of benzene rings is 2. The molecule has 172 valence electrons. The molecule has 8 heteroatoms. The largest absolute Gasteiger partial charge is 0.467 e. The lowest BCUT2D eigenvalue weighted by Crippen LogP contribution is -2.63. The standard InChI is InChI=1S/C25H26N2O6/c1-4-25(5-2)27(23(31)18-12-8-9-13-20(18)33-25)24(32)19(15(3)28)14-26-21(29)16-10-6-7-11-17(16)22(26)30/h6-13,15,19,28H,4-5,14H2,1-3H3/t15-,19+/m0/s1. The Balaban J connectivity index is 1.70. The predicted octanol–water partition coefficient (Wildman–Crippen LogP) is 2.86. The molecule has 2 atom stereocenters. The SMILES string of the molecule is CCC1(CC)Oc2ccccc2C(=O)N1C(=O)[C@H](CN1C(=O)c2ccccc2C1=O)[C@H](C)O. The highest BCUT2D eigenvalue weighted by Crippen LogP contribution is 2.39. The van der Waals surface area contributed by atoms with Crippen LogP contribution in [0.5, 0.6) is 5.75 Å². The van der Waals surface area contributed by atoms with Gasteiger partial charge in [0.15, 0.2) is 5.72 Å². The Labute approximate surface area is 191 Å². The Hall–Kier alpha value is -3.52. The molecule has 0 spiro atoms. The van der Waals surface area contributed by atoms with Gasteiger partial charge in [0, 0.05) is 19.4 Å². The average Bonchev–Trinajstić information content (AvgIpc) is 3.06. The van der Waals surface area contributed by atoms with Gasteiger partial charge in [-0.2, -0.15) is 0 Å². The van der Waals surface area contributed by atoms with Crippen molar-refractivity contribution in [3.63, 3.8) is 0 Å². The van der Waals surface area contributed by atoms with E-state index in [4.69, 9.17) is 4.74 Å². The van der Waals surface area contributed by atoms with E-state index in [1.165, 1.54) is 6.92 Å². The first-order valence-corrected chi connectivity index (χ1v) is 11.1. The Morgan fingerprint density at radius 2 is 1.42 bits per heavy atom. The van der Waals surface area contributed by atoms with Crippen molar-refractivity contribution < 1.29 is 29.0 Å². The van der Waals surface area contributed by atoms with E-state index in [1.807, 2.05) is 13.8 Å². The van der Waals surface area contributed by atoms with Crippen molar-refractivity contribution in [3.05, 3.63) is 65.2 Å². The summed E-state index contributed by atoms with van der Waals surface area (Å²) in [6, 6.07) is 13.1. The van der Waals surface area contributed by atoms with Crippen LogP contribution in [0.4, 0.5) is 0 Å². The topological polar surface area (TPSA) is 104 Å². The highest BCUT2D eigenvalue weighted by atomic mass is 16.5. The zero-order valence-electron chi connectivity index (χ0n) is 18.8. The molecular weight excluding hydrogens is 424 g/mol. The van der Waals surface area contributed by atoms with E-state index >= 15 is 0 Å². The van der Waals surface area contributed by atoms with Crippen LogP contribution < -0.4 is 4.74 Å². The minimum absolute atomic E-state index is 0.244. The van der Waals surface area contributed by atoms with Crippen molar-refractivity contribution in [3.8, 4) is 5.75 Å². The first-order valence-electron chi connectivity index (χ1n) is 11.1. The highest BCUT2D eigenvalue weighted by molar-refractivity contribution is 6.21. The van der Waals surface area contributed by atoms with E-state index in [1.54, 1.807) is 48.5 Å². The summed E-state index contributed by atoms with van der Waals surface area (Å²) in [5.41, 5.74) is -0.491. The minimum Gasteiger partial charge on any atom is -0.467 e. The summed E-state index contributed by atoms with van der Waals surface area (Å²) < 4.78 is 6.17. The van der Waals surface area contributed by atoms with Gasteiger partial charge >= 0.3 is 0 Å². The van der Waals surface area contributed by atoms with Crippen molar-refractivity contribution in [2.45, 2.75) is 45.4 Å². The number of hydrogen-bond acceptors (Lipinski definition) is 6. The van der Waals surface area contributed by atoms with E-state index in [-0.39, 0.29) is 23.2 Å². The van der Waals surface area contributed by atoms with Crippen LogP contribution in [0.25, 0.3) is 0 Å². The first kappa shape index (κ1) is 22.7. The third-order valence-corrected chi connectivity index (χ3v) is 6.51. The Morgan fingerprint density at radius 1 is 0.909 bits per heavy atom. The van der Waals surface area contributed by atoms with Gasteiger partial charge in [0.2, 0.25) is 5.91 Å². The molecule has 8 nitrogen and oxygen atoms in total. The lowest BCUT2D eigenvalue weighted by Gasteiger charge is -2.46. The Kier molecular flexibility index (Phi) is 5.80. The first-order chi connectivity index (χ1) is 15.8. The van der Waals surface area contributed by atoms with Gasteiger partial charge in [-0.1, -0.05) is 38.1 Å². The number of rotatable bonds is 6. The number of fused-ring (bicyclic) bond motifs is 2. The van der Waals surface area contributed by atoms with E-state index in [9.17, 15) is 24.3 Å². The zero-order valence-corrected chi connectivity index (χ0v) is 18.8. The molecule has 2 aliphatic heterocycles. The van der Waals surface area contributed by atoms with Gasteiger partial charge in [-0.25, -0.2) is 4.90 Å². The van der Waals surface area contributed by atoms with Crippen molar-refractivity contribution in [1.82, 2.24) is 9.80 Å². The quantitative estimate of drug-likeness (QED) is 0.679. The molecule has 1 N–H and O–H groups in total. The van der Waals surface area contributed by atoms with Crippen molar-refractivity contribution >= 4 is 23.6 Å². The fourth-order valence-corrected chi connectivity index (χ4v) is 4.50. The monoisotopic (exact) mass is 450 g/mol. The number of hydrogen-bond donors (Lipinski definition) is 1. The molecule has 33 heavy (non-hydrogen) atoms. The summed E-state index contributed by atoms with van der Waals surface area (Å²) in [4.78, 5) is 54.9. The molecule has 0 saturated carbocycles. The zero-order chi connectivity index (χ0) is 23.9. The third-order valence-electron chi connectivity index (χ3n) is 6.51. The van der Waals surface area contributed by atoms with Crippen LogP contribution in [0.2, 0.25) is 0 Å². The summed E-state index contributed by atoms with van der Waals surface area (Å²) in [5, 5.41) is 10.5. The molecule has 0 bridgehead atoms. The molecule has 2 aromatic carbocycles. The van der Waals surface area contributed by atoms with Gasteiger partial charge in [0.05, 0.1) is 28.7 Å². The van der Waals surface area contributed by atoms with Gasteiger partial charge in [0.1, 0.15) is 5.75 Å². The normalized spacial score (nSPS) is 18.5. The smallest absolute Gasteiger partial charge is 0.267 e. The third kappa shape index (κ3) is 3.51. The number of amides is 4. The molecule has 0 aromatic heterocycles. The van der Waals surface area contributed by atoms with Crippen LogP contribution in [0, 0.1) is 5.92 Å². The highest BCUT2D eigenvalue weighted by Gasteiger charge is 2.51. The van der Waals surface area contributed by atoms with Crippen molar-refractivity contribution in [2.75, 3.05) is 6.54 Å². The molecule has 2 aromatic rings. The van der Waals surface area contributed by atoms with Crippen LogP contribution in [-0.4, -0.2) is 56.9 Å². The molecule has 0 unspecified atom stereocenters. The minimum atomic E-state index is -1.24. The van der Waals surface area contributed by atoms with Crippen molar-refractivity contribution in [1.29, 1.82) is 0 Å². The number of aliphatic hydroxyl groups excluding tert-OH is 1. The molecule has 2 aliphatic rings. The fraction of sp³-hybridized carbons (Fsp3) is 0.360. The van der Waals surface area contributed by atoms with Crippen LogP contribution >= 0.6 is 0 Å². The van der Waals surface area contributed by atoms with Crippen LogP contribution in [0.15, 0.2) is 48.5 Å².